The fourth-order valence-electron chi connectivity index (χ4n) is 2.37. The number of rotatable bonds is 2. The van der Waals surface area contributed by atoms with Crippen LogP contribution in [-0.4, -0.2) is 36.0 Å². The number of carbonyl (C=O) groups is 1. The summed E-state index contributed by atoms with van der Waals surface area (Å²) >= 11 is 5.86. The van der Waals surface area contributed by atoms with E-state index in [4.69, 9.17) is 11.6 Å². The molecule has 0 aromatic heterocycles. The zero-order valence-corrected chi connectivity index (χ0v) is 12.4. The van der Waals surface area contributed by atoms with Crippen molar-refractivity contribution >= 4 is 17.6 Å². The van der Waals surface area contributed by atoms with Gasteiger partial charge in [-0.2, -0.15) is 0 Å². The highest BCUT2D eigenvalue weighted by Gasteiger charge is 2.22. The average Bonchev–Trinajstić information content (AvgIpc) is 2.41. The Morgan fingerprint density at radius 3 is 2.47 bits per heavy atom. The number of carbonyl (C=O) groups excluding carboxylic acids is 1. The van der Waals surface area contributed by atoms with E-state index in [0.717, 1.165) is 42.4 Å². The molecule has 2 rings (SSSR count). The van der Waals surface area contributed by atoms with Crippen molar-refractivity contribution in [2.45, 2.75) is 26.3 Å². The number of hydrogen-bond donors (Lipinski definition) is 0. The van der Waals surface area contributed by atoms with Crippen molar-refractivity contribution < 1.29 is 4.79 Å². The van der Waals surface area contributed by atoms with Crippen molar-refractivity contribution in [1.29, 1.82) is 0 Å². The highest BCUT2D eigenvalue weighted by molar-refractivity contribution is 6.30. The molecule has 0 bridgehead atoms. The maximum atomic E-state index is 12.3. The van der Waals surface area contributed by atoms with E-state index in [0.29, 0.717) is 6.54 Å². The van der Waals surface area contributed by atoms with E-state index in [1.165, 1.54) is 0 Å². The molecular formula is C15H21ClN2O. The number of amides is 2. The summed E-state index contributed by atoms with van der Waals surface area (Å²) in [5.74, 6) is 0.741. The number of piperidine rings is 1. The Balaban J connectivity index is 1.90. The van der Waals surface area contributed by atoms with E-state index in [2.05, 4.69) is 6.92 Å². The summed E-state index contributed by atoms with van der Waals surface area (Å²) < 4.78 is 0. The van der Waals surface area contributed by atoms with Gasteiger partial charge in [-0.05, 0) is 36.5 Å². The minimum atomic E-state index is 0.127. The molecule has 4 heteroatoms. The van der Waals surface area contributed by atoms with Gasteiger partial charge < -0.3 is 9.80 Å². The normalized spacial score (nSPS) is 16.5. The molecule has 0 N–H and O–H groups in total. The van der Waals surface area contributed by atoms with E-state index in [1.54, 1.807) is 4.90 Å². The summed E-state index contributed by atoms with van der Waals surface area (Å²) in [6.45, 7) is 4.64. The smallest absolute Gasteiger partial charge is 0.320 e. The first-order chi connectivity index (χ1) is 9.06. The molecule has 1 aliphatic heterocycles. The third-order valence-electron chi connectivity index (χ3n) is 3.71. The SMILES string of the molecule is CC1CCN(C(=O)N(C)Cc2ccc(Cl)cc2)CC1. The molecule has 1 fully saturated rings. The quantitative estimate of drug-likeness (QED) is 0.812. The summed E-state index contributed by atoms with van der Waals surface area (Å²) in [4.78, 5) is 16.0. The van der Waals surface area contributed by atoms with Crippen LogP contribution in [0.2, 0.25) is 5.02 Å². The van der Waals surface area contributed by atoms with Gasteiger partial charge in [0.15, 0.2) is 0 Å². The van der Waals surface area contributed by atoms with Crippen LogP contribution in [-0.2, 0) is 6.54 Å². The van der Waals surface area contributed by atoms with Crippen LogP contribution in [0, 0.1) is 5.92 Å². The van der Waals surface area contributed by atoms with Crippen LogP contribution in [0.4, 0.5) is 4.79 Å². The molecule has 0 saturated carbocycles. The maximum absolute atomic E-state index is 12.3. The second kappa shape index (κ2) is 6.29. The lowest BCUT2D eigenvalue weighted by Crippen LogP contribution is -2.44. The zero-order valence-electron chi connectivity index (χ0n) is 11.6. The Morgan fingerprint density at radius 2 is 1.89 bits per heavy atom. The molecule has 1 aromatic rings. The lowest BCUT2D eigenvalue weighted by Gasteiger charge is -2.33. The second-order valence-corrected chi connectivity index (χ2v) is 5.87. The summed E-state index contributed by atoms with van der Waals surface area (Å²) in [7, 11) is 1.86. The van der Waals surface area contributed by atoms with Crippen molar-refractivity contribution in [2.24, 2.45) is 5.92 Å². The average molecular weight is 281 g/mol. The third kappa shape index (κ3) is 3.87. The first-order valence-electron chi connectivity index (χ1n) is 6.80. The summed E-state index contributed by atoms with van der Waals surface area (Å²) in [6.07, 6.45) is 2.22. The largest absolute Gasteiger partial charge is 0.325 e. The maximum Gasteiger partial charge on any atom is 0.320 e. The lowest BCUT2D eigenvalue weighted by atomic mass is 10.00. The molecule has 1 heterocycles. The van der Waals surface area contributed by atoms with Gasteiger partial charge >= 0.3 is 6.03 Å². The van der Waals surface area contributed by atoms with Gasteiger partial charge in [0, 0.05) is 31.7 Å². The monoisotopic (exact) mass is 280 g/mol. The van der Waals surface area contributed by atoms with Gasteiger partial charge in [-0.1, -0.05) is 30.7 Å². The van der Waals surface area contributed by atoms with Gasteiger partial charge in [0.05, 0.1) is 0 Å². The summed E-state index contributed by atoms with van der Waals surface area (Å²) in [6, 6.07) is 7.77. The van der Waals surface area contributed by atoms with Crippen molar-refractivity contribution in [3.05, 3.63) is 34.9 Å². The van der Waals surface area contributed by atoms with E-state index in [-0.39, 0.29) is 6.03 Å². The number of nitrogens with zero attached hydrogens (tertiary/aromatic N) is 2. The van der Waals surface area contributed by atoms with Gasteiger partial charge in [-0.15, -0.1) is 0 Å². The molecular weight excluding hydrogens is 260 g/mol. The van der Waals surface area contributed by atoms with Crippen LogP contribution >= 0.6 is 11.6 Å². The van der Waals surface area contributed by atoms with Gasteiger partial charge in [-0.25, -0.2) is 4.79 Å². The zero-order chi connectivity index (χ0) is 13.8. The Kier molecular flexibility index (Phi) is 4.70. The van der Waals surface area contributed by atoms with Crippen LogP contribution in [0.25, 0.3) is 0 Å². The molecule has 2 amide bonds. The number of benzene rings is 1. The van der Waals surface area contributed by atoms with E-state index in [1.807, 2.05) is 36.2 Å². The molecule has 0 radical (unpaired) electrons. The van der Waals surface area contributed by atoms with Crippen LogP contribution in [0.1, 0.15) is 25.3 Å². The van der Waals surface area contributed by atoms with Crippen molar-refractivity contribution in [3.63, 3.8) is 0 Å². The second-order valence-electron chi connectivity index (χ2n) is 5.43. The fourth-order valence-corrected chi connectivity index (χ4v) is 2.50. The lowest BCUT2D eigenvalue weighted by molar-refractivity contribution is 0.141. The predicted octanol–water partition coefficient (Wildman–Crippen LogP) is 3.62. The highest BCUT2D eigenvalue weighted by atomic mass is 35.5. The Hall–Kier alpha value is -1.22. The number of hydrogen-bond acceptors (Lipinski definition) is 1. The molecule has 1 aromatic carbocycles. The van der Waals surface area contributed by atoms with Crippen LogP contribution < -0.4 is 0 Å². The Bertz CT molecular complexity index is 424. The topological polar surface area (TPSA) is 23.6 Å². The first kappa shape index (κ1) is 14.2. The Morgan fingerprint density at radius 1 is 1.32 bits per heavy atom. The molecule has 1 saturated heterocycles. The van der Waals surface area contributed by atoms with E-state index >= 15 is 0 Å². The minimum Gasteiger partial charge on any atom is -0.325 e. The van der Waals surface area contributed by atoms with Crippen molar-refractivity contribution in [2.75, 3.05) is 20.1 Å². The van der Waals surface area contributed by atoms with Gasteiger partial charge in [0.1, 0.15) is 0 Å². The summed E-state index contributed by atoms with van der Waals surface area (Å²) in [5, 5.41) is 0.725. The molecule has 19 heavy (non-hydrogen) atoms. The third-order valence-corrected chi connectivity index (χ3v) is 3.97. The predicted molar refractivity (Wildman–Crippen MR) is 78.3 cm³/mol. The van der Waals surface area contributed by atoms with E-state index < -0.39 is 0 Å². The van der Waals surface area contributed by atoms with Crippen LogP contribution in [0.15, 0.2) is 24.3 Å². The number of halogens is 1. The van der Waals surface area contributed by atoms with Gasteiger partial charge in [0.25, 0.3) is 0 Å². The van der Waals surface area contributed by atoms with Gasteiger partial charge in [0.2, 0.25) is 0 Å². The molecule has 3 nitrogen and oxygen atoms in total. The molecule has 0 atom stereocenters. The van der Waals surface area contributed by atoms with Crippen LogP contribution in [0.3, 0.4) is 0 Å². The molecule has 0 unspecified atom stereocenters. The van der Waals surface area contributed by atoms with Crippen LogP contribution in [0.5, 0.6) is 0 Å². The van der Waals surface area contributed by atoms with Gasteiger partial charge in [-0.3, -0.25) is 0 Å². The van der Waals surface area contributed by atoms with E-state index in [9.17, 15) is 4.79 Å². The number of likely N-dealkylation sites (tertiary alicyclic amines) is 1. The summed E-state index contributed by atoms with van der Waals surface area (Å²) in [5.41, 5.74) is 1.10. The standard InChI is InChI=1S/C15H21ClN2O/c1-12-7-9-18(10-8-12)15(19)17(2)11-13-3-5-14(16)6-4-13/h3-6,12H,7-11H2,1-2H3. The first-order valence-corrected chi connectivity index (χ1v) is 7.18. The highest BCUT2D eigenvalue weighted by Crippen LogP contribution is 2.18. The Labute approximate surface area is 120 Å². The fraction of sp³-hybridized carbons (Fsp3) is 0.533. The molecule has 1 aliphatic rings. The minimum absolute atomic E-state index is 0.127. The molecule has 104 valence electrons. The van der Waals surface area contributed by atoms with Crippen molar-refractivity contribution in [1.82, 2.24) is 9.80 Å². The number of urea groups is 1. The molecule has 0 aliphatic carbocycles. The molecule has 0 spiro atoms. The van der Waals surface area contributed by atoms with Crippen molar-refractivity contribution in [3.8, 4) is 0 Å².